The van der Waals surface area contributed by atoms with Gasteiger partial charge in [0.25, 0.3) is 0 Å². The summed E-state index contributed by atoms with van der Waals surface area (Å²) in [7, 11) is 0. The lowest BCUT2D eigenvalue weighted by atomic mass is 10.2. The number of ether oxygens (including phenoxy) is 1. The summed E-state index contributed by atoms with van der Waals surface area (Å²) in [6.45, 7) is 14.0. The number of aromatic hydroxyl groups is 1. The normalized spacial score (nSPS) is 9.19. The van der Waals surface area contributed by atoms with E-state index in [0.29, 0.717) is 18.0 Å². The Morgan fingerprint density at radius 3 is 1.77 bits per heavy atom. The number of phenolic OH excluding ortho intramolecular Hbond substituents is 1. The Bertz CT molecular complexity index is 907. The molecule has 0 aliphatic heterocycles. The molecule has 0 unspecified atom stereocenters. The number of benzene rings is 3. The van der Waals surface area contributed by atoms with Crippen molar-refractivity contribution in [2.24, 2.45) is 0 Å². The lowest BCUT2D eigenvalue weighted by Crippen LogP contribution is -1.94. The zero-order chi connectivity index (χ0) is 18.8. The van der Waals surface area contributed by atoms with Crippen LogP contribution in [0, 0.1) is 16.7 Å². The van der Waals surface area contributed by atoms with E-state index < -0.39 is 0 Å². The highest BCUT2D eigenvalue weighted by atomic mass is 127. The second kappa shape index (κ2) is 10.1. The van der Waals surface area contributed by atoms with Crippen molar-refractivity contribution in [3.05, 3.63) is 105 Å². The monoisotopic (exact) mass is 454 g/mol. The summed E-state index contributed by atoms with van der Waals surface area (Å²) < 4.78 is 6.84. The molecule has 3 rings (SSSR count). The molecular formula is C21H15IN2O2. The van der Waals surface area contributed by atoms with E-state index in [2.05, 4.69) is 56.5 Å². The number of rotatable bonds is 3. The van der Waals surface area contributed by atoms with Crippen molar-refractivity contribution in [2.75, 3.05) is 0 Å². The standard InChI is InChI=1S/C14H10INO.C7H5NO/c1-16-13-6-8-14(9-7-13)17-10-11-2-4-12(15)5-3-11;1-8-6-2-4-7(9)5-3-6/h2-9H,10H2;2-5,9H. The van der Waals surface area contributed by atoms with Crippen molar-refractivity contribution >= 4 is 34.0 Å². The third-order valence-corrected chi connectivity index (χ3v) is 3.98. The highest BCUT2D eigenvalue weighted by Gasteiger charge is 1.97. The Kier molecular flexibility index (Phi) is 7.48. The maximum atomic E-state index is 8.75. The topological polar surface area (TPSA) is 38.2 Å². The van der Waals surface area contributed by atoms with Crippen LogP contribution in [0.15, 0.2) is 72.8 Å². The second-order valence-corrected chi connectivity index (χ2v) is 6.39. The van der Waals surface area contributed by atoms with E-state index in [1.54, 1.807) is 24.3 Å². The molecule has 0 aliphatic rings. The minimum Gasteiger partial charge on any atom is -0.508 e. The van der Waals surface area contributed by atoms with Gasteiger partial charge in [-0.25, -0.2) is 9.69 Å². The van der Waals surface area contributed by atoms with Crippen LogP contribution in [0.1, 0.15) is 5.56 Å². The van der Waals surface area contributed by atoms with Gasteiger partial charge in [-0.15, -0.1) is 0 Å². The summed E-state index contributed by atoms with van der Waals surface area (Å²) in [6, 6.07) is 21.5. The molecule has 0 heterocycles. The summed E-state index contributed by atoms with van der Waals surface area (Å²) in [6.07, 6.45) is 0. The largest absolute Gasteiger partial charge is 0.508 e. The van der Waals surface area contributed by atoms with Crippen molar-refractivity contribution in [1.29, 1.82) is 0 Å². The lowest BCUT2D eigenvalue weighted by molar-refractivity contribution is 0.306. The van der Waals surface area contributed by atoms with E-state index in [0.717, 1.165) is 11.3 Å². The van der Waals surface area contributed by atoms with E-state index >= 15 is 0 Å². The van der Waals surface area contributed by atoms with E-state index in [1.807, 2.05) is 12.1 Å². The SMILES string of the molecule is [C-]#[N+]c1ccc(O)cc1.[C-]#[N+]c1ccc(OCc2ccc(I)cc2)cc1. The fourth-order valence-electron chi connectivity index (χ4n) is 1.89. The third kappa shape index (κ3) is 6.46. The minimum atomic E-state index is 0.197. The molecule has 128 valence electrons. The molecule has 3 aromatic carbocycles. The molecule has 1 N–H and O–H groups in total. The van der Waals surface area contributed by atoms with Crippen LogP contribution in [-0.4, -0.2) is 5.11 Å². The predicted octanol–water partition coefficient (Wildman–Crippen LogP) is 6.36. The molecule has 0 bridgehead atoms. The zero-order valence-electron chi connectivity index (χ0n) is 13.8. The molecule has 0 spiro atoms. The Morgan fingerprint density at radius 1 is 0.769 bits per heavy atom. The van der Waals surface area contributed by atoms with Gasteiger partial charge in [0.05, 0.1) is 13.1 Å². The molecule has 0 radical (unpaired) electrons. The van der Waals surface area contributed by atoms with E-state index in [4.69, 9.17) is 23.0 Å². The summed E-state index contributed by atoms with van der Waals surface area (Å²) >= 11 is 2.28. The first-order chi connectivity index (χ1) is 12.6. The van der Waals surface area contributed by atoms with Gasteiger partial charge >= 0.3 is 0 Å². The molecule has 0 aliphatic carbocycles. The molecule has 3 aromatic rings. The molecule has 0 atom stereocenters. The van der Waals surface area contributed by atoms with Gasteiger partial charge in [0.15, 0.2) is 11.4 Å². The van der Waals surface area contributed by atoms with Crippen LogP contribution < -0.4 is 4.74 Å². The number of halogens is 1. The first kappa shape index (κ1) is 19.3. The summed E-state index contributed by atoms with van der Waals surface area (Å²) in [4.78, 5) is 6.48. The van der Waals surface area contributed by atoms with Gasteiger partial charge in [-0.3, -0.25) is 0 Å². The van der Waals surface area contributed by atoms with E-state index in [9.17, 15) is 0 Å². The summed E-state index contributed by atoms with van der Waals surface area (Å²) in [5.41, 5.74) is 2.32. The van der Waals surface area contributed by atoms with Gasteiger partial charge in [0.2, 0.25) is 0 Å². The average Bonchev–Trinajstić information content (AvgIpc) is 2.69. The van der Waals surface area contributed by atoms with Crippen LogP contribution >= 0.6 is 22.6 Å². The second-order valence-electron chi connectivity index (χ2n) is 5.15. The zero-order valence-corrected chi connectivity index (χ0v) is 15.9. The highest BCUT2D eigenvalue weighted by molar-refractivity contribution is 14.1. The average molecular weight is 454 g/mol. The molecule has 0 amide bonds. The maximum absolute atomic E-state index is 8.75. The fraction of sp³-hybridized carbons (Fsp3) is 0.0476. The van der Waals surface area contributed by atoms with Crippen LogP contribution in [0.3, 0.4) is 0 Å². The van der Waals surface area contributed by atoms with Gasteiger partial charge in [-0.2, -0.15) is 0 Å². The van der Waals surface area contributed by atoms with Crippen molar-refractivity contribution in [1.82, 2.24) is 0 Å². The molecular weight excluding hydrogens is 439 g/mol. The van der Waals surface area contributed by atoms with Crippen LogP contribution in [0.2, 0.25) is 0 Å². The van der Waals surface area contributed by atoms with E-state index in [-0.39, 0.29) is 5.75 Å². The fourth-order valence-corrected chi connectivity index (χ4v) is 2.25. The van der Waals surface area contributed by atoms with Gasteiger partial charge in [0.1, 0.15) is 18.1 Å². The van der Waals surface area contributed by atoms with E-state index in [1.165, 1.54) is 15.7 Å². The van der Waals surface area contributed by atoms with Crippen molar-refractivity contribution < 1.29 is 9.84 Å². The van der Waals surface area contributed by atoms with Crippen LogP contribution in [-0.2, 0) is 6.61 Å². The molecule has 26 heavy (non-hydrogen) atoms. The van der Waals surface area contributed by atoms with Crippen LogP contribution in [0.25, 0.3) is 9.69 Å². The first-order valence-corrected chi connectivity index (χ1v) is 8.70. The summed E-state index contributed by atoms with van der Waals surface area (Å²) in [5, 5.41) is 8.75. The first-order valence-electron chi connectivity index (χ1n) is 7.62. The lowest BCUT2D eigenvalue weighted by Gasteiger charge is -2.06. The number of nitrogens with zero attached hydrogens (tertiary/aromatic N) is 2. The van der Waals surface area contributed by atoms with Gasteiger partial charge in [0, 0.05) is 3.57 Å². The Balaban J connectivity index is 0.000000228. The Hall–Kier alpha value is -3.03. The highest BCUT2D eigenvalue weighted by Crippen LogP contribution is 2.19. The quantitative estimate of drug-likeness (QED) is 0.369. The Morgan fingerprint density at radius 2 is 1.27 bits per heavy atom. The van der Waals surface area contributed by atoms with Gasteiger partial charge < -0.3 is 9.84 Å². The predicted molar refractivity (Wildman–Crippen MR) is 111 cm³/mol. The summed E-state index contributed by atoms with van der Waals surface area (Å²) in [5.74, 6) is 0.985. The number of hydrogen-bond acceptors (Lipinski definition) is 2. The van der Waals surface area contributed by atoms with Crippen molar-refractivity contribution in [3.8, 4) is 11.5 Å². The smallest absolute Gasteiger partial charge is 0.187 e. The van der Waals surface area contributed by atoms with Crippen molar-refractivity contribution in [3.63, 3.8) is 0 Å². The van der Waals surface area contributed by atoms with Crippen LogP contribution in [0.5, 0.6) is 11.5 Å². The third-order valence-electron chi connectivity index (χ3n) is 3.26. The molecule has 0 saturated carbocycles. The number of hydrogen-bond donors (Lipinski definition) is 1. The Labute approximate surface area is 166 Å². The van der Waals surface area contributed by atoms with Gasteiger partial charge in [-0.05, 0) is 64.6 Å². The van der Waals surface area contributed by atoms with Crippen LogP contribution in [0.4, 0.5) is 11.4 Å². The molecule has 4 nitrogen and oxygen atoms in total. The molecule has 0 aromatic heterocycles. The molecule has 5 heteroatoms. The molecule has 0 saturated heterocycles. The number of phenols is 1. The maximum Gasteiger partial charge on any atom is 0.187 e. The molecule has 0 fully saturated rings. The van der Waals surface area contributed by atoms with Gasteiger partial charge in [-0.1, -0.05) is 36.4 Å². The van der Waals surface area contributed by atoms with Crippen molar-refractivity contribution in [2.45, 2.75) is 6.61 Å². The minimum absolute atomic E-state index is 0.197.